The molecule has 1 fully saturated rings. The lowest BCUT2D eigenvalue weighted by atomic mass is 10.1. The van der Waals surface area contributed by atoms with Crippen LogP contribution in [0.3, 0.4) is 0 Å². The molecule has 0 unspecified atom stereocenters. The number of carboxylic acid groups (broad SMARTS) is 1. The Balaban J connectivity index is 1.84. The molecule has 1 saturated carbocycles. The van der Waals surface area contributed by atoms with Gasteiger partial charge in [0, 0.05) is 19.5 Å². The Kier molecular flexibility index (Phi) is 4.77. The van der Waals surface area contributed by atoms with Crippen molar-refractivity contribution >= 4 is 11.9 Å². The molecule has 0 radical (unpaired) electrons. The first-order valence-corrected chi connectivity index (χ1v) is 7.16. The molecular weight excluding hydrogens is 254 g/mol. The average molecular weight is 275 g/mol. The van der Waals surface area contributed by atoms with Crippen molar-refractivity contribution in [1.82, 2.24) is 4.90 Å². The van der Waals surface area contributed by atoms with Gasteiger partial charge in [-0.15, -0.1) is 0 Å². The number of carbonyl (C=O) groups is 2. The topological polar surface area (TPSA) is 57.6 Å². The van der Waals surface area contributed by atoms with Crippen molar-refractivity contribution in [2.45, 2.75) is 44.6 Å². The lowest BCUT2D eigenvalue weighted by Gasteiger charge is -2.24. The van der Waals surface area contributed by atoms with Crippen molar-refractivity contribution < 1.29 is 14.7 Å². The molecule has 1 aliphatic rings. The highest BCUT2D eigenvalue weighted by Gasteiger charge is 2.22. The zero-order chi connectivity index (χ0) is 14.5. The normalized spacial score (nSPS) is 15.2. The third-order valence-corrected chi connectivity index (χ3v) is 4.09. The summed E-state index contributed by atoms with van der Waals surface area (Å²) in [6, 6.07) is 7.15. The van der Waals surface area contributed by atoms with Gasteiger partial charge in [-0.3, -0.25) is 4.79 Å². The number of carboxylic acids is 1. The molecule has 4 nitrogen and oxygen atoms in total. The quantitative estimate of drug-likeness (QED) is 0.899. The second-order valence-corrected chi connectivity index (χ2v) is 5.45. The fourth-order valence-corrected chi connectivity index (χ4v) is 2.74. The number of hydrogen-bond acceptors (Lipinski definition) is 2. The number of rotatable bonds is 5. The highest BCUT2D eigenvalue weighted by Crippen LogP contribution is 2.23. The molecule has 0 aliphatic heterocycles. The number of aryl methyl sites for hydroxylation is 1. The molecule has 1 aromatic rings. The Hall–Kier alpha value is -1.84. The second-order valence-electron chi connectivity index (χ2n) is 5.45. The smallest absolute Gasteiger partial charge is 0.335 e. The molecule has 2 rings (SSSR count). The highest BCUT2D eigenvalue weighted by molar-refractivity contribution is 5.87. The molecule has 4 heteroatoms. The molecule has 20 heavy (non-hydrogen) atoms. The summed E-state index contributed by atoms with van der Waals surface area (Å²) in [7, 11) is 1.89. The van der Waals surface area contributed by atoms with E-state index in [4.69, 9.17) is 5.11 Å². The zero-order valence-corrected chi connectivity index (χ0v) is 11.8. The van der Waals surface area contributed by atoms with Crippen molar-refractivity contribution in [3.63, 3.8) is 0 Å². The maximum absolute atomic E-state index is 12.1. The summed E-state index contributed by atoms with van der Waals surface area (Å²) >= 11 is 0. The lowest BCUT2D eigenvalue weighted by molar-refractivity contribution is -0.131. The summed E-state index contributed by atoms with van der Waals surface area (Å²) in [6.07, 6.45) is 5.83. The summed E-state index contributed by atoms with van der Waals surface area (Å²) in [5.74, 6) is -0.743. The second kappa shape index (κ2) is 6.55. The summed E-state index contributed by atoms with van der Waals surface area (Å²) in [6.45, 7) is 0. The van der Waals surface area contributed by atoms with E-state index in [2.05, 4.69) is 0 Å². The van der Waals surface area contributed by atoms with Gasteiger partial charge in [-0.2, -0.15) is 0 Å². The number of hydrogen-bond donors (Lipinski definition) is 1. The van der Waals surface area contributed by atoms with Crippen LogP contribution in [0.25, 0.3) is 0 Å². The van der Waals surface area contributed by atoms with E-state index in [-0.39, 0.29) is 11.5 Å². The molecule has 108 valence electrons. The van der Waals surface area contributed by atoms with Gasteiger partial charge in [0.05, 0.1) is 5.56 Å². The fraction of sp³-hybridized carbons (Fsp3) is 0.500. The van der Waals surface area contributed by atoms with Crippen LogP contribution in [0.2, 0.25) is 0 Å². The monoisotopic (exact) mass is 275 g/mol. The summed E-state index contributed by atoms with van der Waals surface area (Å²) in [5.41, 5.74) is 1.28. The van der Waals surface area contributed by atoms with Gasteiger partial charge in [-0.05, 0) is 37.0 Å². The summed E-state index contributed by atoms with van der Waals surface area (Å²) in [4.78, 5) is 24.8. The number of amides is 1. The third-order valence-electron chi connectivity index (χ3n) is 4.09. The van der Waals surface area contributed by atoms with Gasteiger partial charge in [0.25, 0.3) is 0 Å². The lowest BCUT2D eigenvalue weighted by Crippen LogP contribution is -2.35. The van der Waals surface area contributed by atoms with Crippen molar-refractivity contribution in [3.05, 3.63) is 35.4 Å². The van der Waals surface area contributed by atoms with E-state index in [1.807, 2.05) is 11.9 Å². The Morgan fingerprint density at radius 2 is 1.80 bits per heavy atom. The largest absolute Gasteiger partial charge is 0.478 e. The Morgan fingerprint density at radius 3 is 2.35 bits per heavy atom. The Labute approximate surface area is 119 Å². The van der Waals surface area contributed by atoms with Gasteiger partial charge < -0.3 is 10.0 Å². The molecule has 0 saturated heterocycles. The van der Waals surface area contributed by atoms with Gasteiger partial charge in [0.15, 0.2) is 0 Å². The van der Waals surface area contributed by atoms with Gasteiger partial charge in [-0.25, -0.2) is 4.79 Å². The van der Waals surface area contributed by atoms with Crippen molar-refractivity contribution in [2.24, 2.45) is 0 Å². The zero-order valence-electron chi connectivity index (χ0n) is 11.8. The predicted octanol–water partition coefficient (Wildman–Crippen LogP) is 2.72. The number of carbonyl (C=O) groups excluding carboxylic acids is 1. The molecule has 1 aromatic carbocycles. The Bertz CT molecular complexity index is 475. The van der Waals surface area contributed by atoms with Crippen LogP contribution >= 0.6 is 0 Å². The van der Waals surface area contributed by atoms with Gasteiger partial charge in [-0.1, -0.05) is 25.0 Å². The molecule has 0 heterocycles. The van der Waals surface area contributed by atoms with Crippen LogP contribution in [0.1, 0.15) is 48.0 Å². The number of nitrogens with zero attached hydrogens (tertiary/aromatic N) is 1. The first-order valence-electron chi connectivity index (χ1n) is 7.16. The van der Waals surface area contributed by atoms with E-state index in [0.29, 0.717) is 18.9 Å². The maximum atomic E-state index is 12.1. The minimum Gasteiger partial charge on any atom is -0.478 e. The first-order chi connectivity index (χ1) is 9.58. The maximum Gasteiger partial charge on any atom is 0.335 e. The van der Waals surface area contributed by atoms with E-state index >= 15 is 0 Å². The van der Waals surface area contributed by atoms with Crippen LogP contribution < -0.4 is 0 Å². The molecule has 1 amide bonds. The molecule has 0 atom stereocenters. The molecule has 1 aliphatic carbocycles. The fourth-order valence-electron chi connectivity index (χ4n) is 2.74. The minimum absolute atomic E-state index is 0.180. The van der Waals surface area contributed by atoms with Crippen molar-refractivity contribution in [3.8, 4) is 0 Å². The van der Waals surface area contributed by atoms with Crippen LogP contribution in [0.15, 0.2) is 24.3 Å². The van der Waals surface area contributed by atoms with E-state index < -0.39 is 5.97 Å². The van der Waals surface area contributed by atoms with Crippen LogP contribution in [0, 0.1) is 0 Å². The summed E-state index contributed by atoms with van der Waals surface area (Å²) in [5, 5.41) is 8.83. The van der Waals surface area contributed by atoms with Crippen LogP contribution in [-0.2, 0) is 11.2 Å². The van der Waals surface area contributed by atoms with Gasteiger partial charge in [0.1, 0.15) is 0 Å². The van der Waals surface area contributed by atoms with E-state index in [1.165, 1.54) is 12.8 Å². The van der Waals surface area contributed by atoms with Crippen molar-refractivity contribution in [2.75, 3.05) is 7.05 Å². The number of aromatic carboxylic acids is 1. The van der Waals surface area contributed by atoms with Gasteiger partial charge in [0.2, 0.25) is 5.91 Å². The average Bonchev–Trinajstić information content (AvgIpc) is 2.98. The van der Waals surface area contributed by atoms with Crippen LogP contribution in [0.5, 0.6) is 0 Å². The minimum atomic E-state index is -0.923. The molecule has 0 bridgehead atoms. The predicted molar refractivity (Wildman–Crippen MR) is 76.7 cm³/mol. The van der Waals surface area contributed by atoms with E-state index in [1.54, 1.807) is 24.3 Å². The molecule has 0 spiro atoms. The number of benzene rings is 1. The SMILES string of the molecule is CN(C(=O)CCc1ccc(C(=O)O)cc1)C1CCCC1. The van der Waals surface area contributed by atoms with Crippen LogP contribution in [-0.4, -0.2) is 35.0 Å². The molecule has 1 N–H and O–H groups in total. The molecular formula is C16H21NO3. The first kappa shape index (κ1) is 14.6. The van der Waals surface area contributed by atoms with Crippen molar-refractivity contribution in [1.29, 1.82) is 0 Å². The standard InChI is InChI=1S/C16H21NO3/c1-17(14-4-2-3-5-14)15(18)11-8-12-6-9-13(10-7-12)16(19)20/h6-7,9-10,14H,2-5,8,11H2,1H3,(H,19,20). The molecule has 0 aromatic heterocycles. The Morgan fingerprint density at radius 1 is 1.20 bits per heavy atom. The van der Waals surface area contributed by atoms with E-state index in [9.17, 15) is 9.59 Å². The summed E-state index contributed by atoms with van der Waals surface area (Å²) < 4.78 is 0. The van der Waals surface area contributed by atoms with E-state index in [0.717, 1.165) is 18.4 Å². The third kappa shape index (κ3) is 3.59. The van der Waals surface area contributed by atoms with Crippen LogP contribution in [0.4, 0.5) is 0 Å². The highest BCUT2D eigenvalue weighted by atomic mass is 16.4. The van der Waals surface area contributed by atoms with Gasteiger partial charge >= 0.3 is 5.97 Å².